The molecule has 2 aromatic rings. The Kier molecular flexibility index (Phi) is 4.15. The van der Waals surface area contributed by atoms with Crippen molar-refractivity contribution in [1.82, 2.24) is 0 Å². The maximum Gasteiger partial charge on any atom is 0.198 e. The number of allylic oxidation sites excluding steroid dienone is 2. The first kappa shape index (κ1) is 15.9. The van der Waals surface area contributed by atoms with Crippen LogP contribution in [0.15, 0.2) is 78.4 Å². The summed E-state index contributed by atoms with van der Waals surface area (Å²) < 4.78 is 0. The predicted octanol–water partition coefficient (Wildman–Crippen LogP) is 3.08. The van der Waals surface area contributed by atoms with Crippen molar-refractivity contribution in [1.29, 1.82) is 0 Å². The molecule has 0 saturated heterocycles. The molecule has 0 bridgehead atoms. The van der Waals surface area contributed by atoms with Gasteiger partial charge in [0.15, 0.2) is 11.6 Å². The lowest BCUT2D eigenvalue weighted by atomic mass is 9.84. The monoisotopic (exact) mass is 320 g/mol. The van der Waals surface area contributed by atoms with E-state index in [0.29, 0.717) is 16.7 Å². The van der Waals surface area contributed by atoms with E-state index in [0.717, 1.165) is 0 Å². The molecule has 0 heterocycles. The van der Waals surface area contributed by atoms with Crippen LogP contribution in [0.4, 0.5) is 0 Å². The molecule has 0 amide bonds. The van der Waals surface area contributed by atoms with Crippen molar-refractivity contribution in [2.24, 2.45) is 0 Å². The zero-order valence-corrected chi connectivity index (χ0v) is 12.8. The molecule has 1 atom stereocenters. The molecule has 0 radical (unpaired) electrons. The number of aliphatic hydroxyl groups is 1. The molecule has 4 nitrogen and oxygen atoms in total. The van der Waals surface area contributed by atoms with E-state index >= 15 is 0 Å². The number of rotatable bonds is 4. The predicted molar refractivity (Wildman–Crippen MR) is 90.0 cm³/mol. The van der Waals surface area contributed by atoms with Crippen LogP contribution in [-0.4, -0.2) is 27.4 Å². The third-order valence-corrected chi connectivity index (χ3v) is 3.99. The summed E-state index contributed by atoms with van der Waals surface area (Å²) in [5.74, 6) is -0.533. The second-order valence-electron chi connectivity index (χ2n) is 5.69. The van der Waals surface area contributed by atoms with Gasteiger partial charge < -0.3 is 10.2 Å². The molecule has 1 unspecified atom stereocenters. The van der Waals surface area contributed by atoms with Crippen LogP contribution in [0.2, 0.25) is 0 Å². The molecule has 0 aliphatic heterocycles. The first-order valence-electron chi connectivity index (χ1n) is 7.55. The maximum absolute atomic E-state index is 12.5. The van der Waals surface area contributed by atoms with Gasteiger partial charge >= 0.3 is 0 Å². The van der Waals surface area contributed by atoms with Gasteiger partial charge in [-0.25, -0.2) is 0 Å². The highest BCUT2D eigenvalue weighted by molar-refractivity contribution is 6.11. The SMILES string of the molecule is O=C(C1=CCC(O)(C(=O)c2ccccc2)C=C1)c1ccc(O)cc1. The summed E-state index contributed by atoms with van der Waals surface area (Å²) in [6, 6.07) is 14.5. The summed E-state index contributed by atoms with van der Waals surface area (Å²) in [4.78, 5) is 24.9. The van der Waals surface area contributed by atoms with Gasteiger partial charge in [0.05, 0.1) is 0 Å². The number of ketones is 2. The quantitative estimate of drug-likeness (QED) is 0.849. The maximum atomic E-state index is 12.5. The Morgan fingerprint density at radius 2 is 1.58 bits per heavy atom. The van der Waals surface area contributed by atoms with Crippen LogP contribution >= 0.6 is 0 Å². The summed E-state index contributed by atoms with van der Waals surface area (Å²) in [7, 11) is 0. The fourth-order valence-corrected chi connectivity index (χ4v) is 2.58. The lowest BCUT2D eigenvalue weighted by Crippen LogP contribution is -2.37. The highest BCUT2D eigenvalue weighted by Gasteiger charge is 2.35. The molecule has 1 aliphatic carbocycles. The van der Waals surface area contributed by atoms with E-state index in [1.807, 2.05) is 0 Å². The number of benzene rings is 2. The van der Waals surface area contributed by atoms with Crippen LogP contribution in [0.5, 0.6) is 5.75 Å². The zero-order valence-electron chi connectivity index (χ0n) is 12.8. The van der Waals surface area contributed by atoms with Crippen molar-refractivity contribution in [3.8, 4) is 5.75 Å². The minimum Gasteiger partial charge on any atom is -0.508 e. The van der Waals surface area contributed by atoms with Crippen LogP contribution in [0.3, 0.4) is 0 Å². The third kappa shape index (κ3) is 3.05. The van der Waals surface area contributed by atoms with E-state index in [1.54, 1.807) is 36.4 Å². The van der Waals surface area contributed by atoms with Gasteiger partial charge in [-0.3, -0.25) is 9.59 Å². The standard InChI is InChI=1S/C20H16O4/c21-17-8-6-14(7-9-17)18(22)15-10-12-20(24,13-11-15)19(23)16-4-2-1-3-5-16/h1-12,21,24H,13H2. The lowest BCUT2D eigenvalue weighted by Gasteiger charge is -2.25. The van der Waals surface area contributed by atoms with Gasteiger partial charge in [-0.2, -0.15) is 0 Å². The Bertz CT molecular complexity index is 832. The second kappa shape index (κ2) is 6.26. The zero-order chi connectivity index (χ0) is 17.2. The highest BCUT2D eigenvalue weighted by atomic mass is 16.3. The summed E-state index contributed by atoms with van der Waals surface area (Å²) in [6.07, 6.45) is 4.45. The highest BCUT2D eigenvalue weighted by Crippen LogP contribution is 2.27. The minimum absolute atomic E-state index is 0.0381. The molecule has 0 saturated carbocycles. The van der Waals surface area contributed by atoms with Gasteiger partial charge in [-0.1, -0.05) is 42.5 Å². The fourth-order valence-electron chi connectivity index (χ4n) is 2.58. The largest absolute Gasteiger partial charge is 0.508 e. The number of carbonyl (C=O) groups is 2. The molecule has 4 heteroatoms. The van der Waals surface area contributed by atoms with E-state index in [1.165, 1.54) is 36.4 Å². The minimum atomic E-state index is -1.64. The van der Waals surface area contributed by atoms with Gasteiger partial charge in [-0.15, -0.1) is 0 Å². The molecule has 120 valence electrons. The van der Waals surface area contributed by atoms with Crippen molar-refractivity contribution in [2.75, 3.05) is 0 Å². The van der Waals surface area contributed by atoms with E-state index in [9.17, 15) is 19.8 Å². The number of phenolic OH excluding ortho intramolecular Hbond substituents is 1. The van der Waals surface area contributed by atoms with Gasteiger partial charge in [0.25, 0.3) is 0 Å². The van der Waals surface area contributed by atoms with E-state index in [-0.39, 0.29) is 18.0 Å². The molecular formula is C20H16O4. The Balaban J connectivity index is 1.79. The molecule has 0 spiro atoms. The topological polar surface area (TPSA) is 74.6 Å². The fraction of sp³-hybridized carbons (Fsp3) is 0.100. The lowest BCUT2D eigenvalue weighted by molar-refractivity contribution is 0.0532. The number of Topliss-reactive ketones (excluding diaryl/α,β-unsaturated/α-hetero) is 2. The average molecular weight is 320 g/mol. The molecule has 1 aliphatic rings. The van der Waals surface area contributed by atoms with Gasteiger partial charge in [0.2, 0.25) is 0 Å². The second-order valence-corrected chi connectivity index (χ2v) is 5.69. The Labute approximate surface area is 139 Å². The summed E-state index contributed by atoms with van der Waals surface area (Å²) in [5.41, 5.74) is -0.374. The van der Waals surface area contributed by atoms with E-state index < -0.39 is 11.4 Å². The Morgan fingerprint density at radius 3 is 2.17 bits per heavy atom. The Morgan fingerprint density at radius 1 is 0.917 bits per heavy atom. The number of carbonyl (C=O) groups excluding carboxylic acids is 2. The van der Waals surface area contributed by atoms with Crippen LogP contribution in [0.1, 0.15) is 27.1 Å². The van der Waals surface area contributed by atoms with Gasteiger partial charge in [0.1, 0.15) is 11.4 Å². The van der Waals surface area contributed by atoms with Crippen LogP contribution in [-0.2, 0) is 0 Å². The summed E-state index contributed by atoms with van der Waals surface area (Å²) in [5, 5.41) is 19.9. The van der Waals surface area contributed by atoms with E-state index in [2.05, 4.69) is 0 Å². The van der Waals surface area contributed by atoms with Crippen LogP contribution in [0.25, 0.3) is 0 Å². The molecule has 3 rings (SSSR count). The summed E-state index contributed by atoms with van der Waals surface area (Å²) in [6.45, 7) is 0. The number of phenols is 1. The van der Waals surface area contributed by atoms with Gasteiger partial charge in [0, 0.05) is 23.1 Å². The number of aromatic hydroxyl groups is 1. The molecule has 2 N–H and O–H groups in total. The number of hydrogen-bond acceptors (Lipinski definition) is 4. The Hall–Kier alpha value is -2.98. The normalized spacial score (nSPS) is 19.6. The van der Waals surface area contributed by atoms with Crippen LogP contribution in [0, 0.1) is 0 Å². The molecule has 24 heavy (non-hydrogen) atoms. The smallest absolute Gasteiger partial charge is 0.198 e. The van der Waals surface area contributed by atoms with E-state index in [4.69, 9.17) is 0 Å². The number of hydrogen-bond donors (Lipinski definition) is 2. The van der Waals surface area contributed by atoms with Crippen molar-refractivity contribution in [3.05, 3.63) is 89.5 Å². The summed E-state index contributed by atoms with van der Waals surface area (Å²) >= 11 is 0. The molecular weight excluding hydrogens is 304 g/mol. The average Bonchev–Trinajstić information content (AvgIpc) is 2.62. The van der Waals surface area contributed by atoms with Crippen molar-refractivity contribution in [3.63, 3.8) is 0 Å². The van der Waals surface area contributed by atoms with Crippen LogP contribution < -0.4 is 0 Å². The van der Waals surface area contributed by atoms with Crippen molar-refractivity contribution >= 4 is 11.6 Å². The first-order valence-corrected chi connectivity index (χ1v) is 7.55. The van der Waals surface area contributed by atoms with Crippen molar-refractivity contribution < 1.29 is 19.8 Å². The molecule has 0 fully saturated rings. The van der Waals surface area contributed by atoms with Gasteiger partial charge in [-0.05, 0) is 30.3 Å². The third-order valence-electron chi connectivity index (χ3n) is 3.99. The van der Waals surface area contributed by atoms with Crippen molar-refractivity contribution in [2.45, 2.75) is 12.0 Å². The molecule has 0 aromatic heterocycles. The molecule has 2 aromatic carbocycles. The first-order chi connectivity index (χ1) is 11.5.